The van der Waals surface area contributed by atoms with Gasteiger partial charge in [0.2, 0.25) is 0 Å². The van der Waals surface area contributed by atoms with Crippen molar-refractivity contribution >= 4 is 17.3 Å². The Bertz CT molecular complexity index is 398. The number of anilines is 1. The van der Waals surface area contributed by atoms with Crippen LogP contribution in [-0.4, -0.2) is 17.8 Å². The Hall–Kier alpha value is -1.24. The van der Waals surface area contributed by atoms with Crippen molar-refractivity contribution in [3.63, 3.8) is 0 Å². The van der Waals surface area contributed by atoms with Gasteiger partial charge in [0, 0.05) is 0 Å². The molecule has 0 aliphatic rings. The van der Waals surface area contributed by atoms with E-state index in [1.165, 1.54) is 0 Å². The maximum atomic E-state index is 9.21. The Morgan fingerprint density at radius 3 is 2.69 bits per heavy atom. The number of nitrogens with zero attached hydrogens (tertiary/aromatic N) is 1. The number of aliphatic hydroxyl groups excluding tert-OH is 1. The minimum Gasteiger partial charge on any atom is -0.394 e. The number of halogens is 1. The van der Waals surface area contributed by atoms with Gasteiger partial charge in [-0.05, 0) is 18.1 Å². The summed E-state index contributed by atoms with van der Waals surface area (Å²) < 4.78 is 0. The lowest BCUT2D eigenvalue weighted by molar-refractivity contribution is 0.249. The highest BCUT2D eigenvalue weighted by Crippen LogP contribution is 2.24. The van der Waals surface area contributed by atoms with Crippen LogP contribution < -0.4 is 5.32 Å². The Balaban J connectivity index is 2.97. The molecule has 0 aliphatic heterocycles. The normalized spacial score (nSPS) is 12.2. The van der Waals surface area contributed by atoms with Crippen molar-refractivity contribution in [2.45, 2.75) is 19.9 Å². The van der Waals surface area contributed by atoms with Crippen molar-refractivity contribution in [2.75, 3.05) is 11.9 Å². The van der Waals surface area contributed by atoms with Crippen LogP contribution in [0.3, 0.4) is 0 Å². The zero-order chi connectivity index (χ0) is 12.1. The van der Waals surface area contributed by atoms with Gasteiger partial charge in [-0.2, -0.15) is 5.26 Å². The third-order valence-corrected chi connectivity index (χ3v) is 2.78. The fourth-order valence-electron chi connectivity index (χ4n) is 1.38. The topological polar surface area (TPSA) is 56.0 Å². The van der Waals surface area contributed by atoms with Gasteiger partial charge in [0.15, 0.2) is 0 Å². The summed E-state index contributed by atoms with van der Waals surface area (Å²) in [5, 5.41) is 21.8. The van der Waals surface area contributed by atoms with Crippen LogP contribution in [-0.2, 0) is 0 Å². The number of nitriles is 1. The van der Waals surface area contributed by atoms with E-state index < -0.39 is 0 Å². The van der Waals surface area contributed by atoms with E-state index in [0.29, 0.717) is 16.3 Å². The van der Waals surface area contributed by atoms with E-state index in [2.05, 4.69) is 11.4 Å². The summed E-state index contributed by atoms with van der Waals surface area (Å²) in [7, 11) is 0. The Morgan fingerprint density at radius 2 is 2.19 bits per heavy atom. The van der Waals surface area contributed by atoms with Crippen molar-refractivity contribution in [3.05, 3.63) is 28.8 Å². The third-order valence-electron chi connectivity index (χ3n) is 2.47. The summed E-state index contributed by atoms with van der Waals surface area (Å²) >= 11 is 5.91. The molecule has 0 unspecified atom stereocenters. The fourth-order valence-corrected chi connectivity index (χ4v) is 1.60. The van der Waals surface area contributed by atoms with E-state index in [-0.39, 0.29) is 18.6 Å². The van der Waals surface area contributed by atoms with Gasteiger partial charge in [0.05, 0.1) is 28.9 Å². The molecule has 1 aromatic rings. The van der Waals surface area contributed by atoms with E-state index >= 15 is 0 Å². The predicted octanol–water partition coefficient (Wildman–Crippen LogP) is 2.64. The van der Waals surface area contributed by atoms with Crippen molar-refractivity contribution < 1.29 is 5.11 Å². The molecule has 4 heteroatoms. The van der Waals surface area contributed by atoms with Gasteiger partial charge in [-0.1, -0.05) is 31.5 Å². The molecule has 0 bridgehead atoms. The van der Waals surface area contributed by atoms with Gasteiger partial charge in [-0.25, -0.2) is 0 Å². The highest BCUT2D eigenvalue weighted by atomic mass is 35.5. The summed E-state index contributed by atoms with van der Waals surface area (Å²) in [6, 6.07) is 7.22. The van der Waals surface area contributed by atoms with Gasteiger partial charge in [0.1, 0.15) is 6.07 Å². The van der Waals surface area contributed by atoms with E-state index in [0.717, 1.165) is 0 Å². The zero-order valence-electron chi connectivity index (χ0n) is 9.37. The average molecular weight is 239 g/mol. The number of rotatable bonds is 4. The molecule has 2 N–H and O–H groups in total. The molecule has 1 rings (SSSR count). The first-order chi connectivity index (χ1) is 7.60. The molecule has 0 amide bonds. The molecule has 0 aromatic heterocycles. The first-order valence-electron chi connectivity index (χ1n) is 5.16. The van der Waals surface area contributed by atoms with Crippen molar-refractivity contribution in [2.24, 2.45) is 5.92 Å². The van der Waals surface area contributed by atoms with Gasteiger partial charge in [-0.3, -0.25) is 0 Å². The lowest BCUT2D eigenvalue weighted by Gasteiger charge is -2.22. The number of hydrogen-bond acceptors (Lipinski definition) is 3. The lowest BCUT2D eigenvalue weighted by Crippen LogP contribution is -2.29. The van der Waals surface area contributed by atoms with Crippen LogP contribution in [0.5, 0.6) is 0 Å². The van der Waals surface area contributed by atoms with E-state index in [4.69, 9.17) is 16.9 Å². The lowest BCUT2D eigenvalue weighted by atomic mass is 10.0. The van der Waals surface area contributed by atoms with Crippen molar-refractivity contribution in [1.82, 2.24) is 0 Å². The average Bonchev–Trinajstić information content (AvgIpc) is 2.25. The van der Waals surface area contributed by atoms with Gasteiger partial charge < -0.3 is 10.4 Å². The van der Waals surface area contributed by atoms with Crippen molar-refractivity contribution in [3.8, 4) is 6.07 Å². The highest BCUT2D eigenvalue weighted by molar-refractivity contribution is 6.32. The number of nitrogens with one attached hydrogen (secondary N) is 1. The number of hydrogen-bond donors (Lipinski definition) is 2. The van der Waals surface area contributed by atoms with Crippen LogP contribution in [0.4, 0.5) is 5.69 Å². The summed E-state index contributed by atoms with van der Waals surface area (Å²) in [6.07, 6.45) is 0. The molecule has 1 aromatic carbocycles. The highest BCUT2D eigenvalue weighted by Gasteiger charge is 2.14. The Morgan fingerprint density at radius 1 is 1.50 bits per heavy atom. The molecule has 0 spiro atoms. The summed E-state index contributed by atoms with van der Waals surface area (Å²) in [5.74, 6) is 0.274. The quantitative estimate of drug-likeness (QED) is 0.848. The Labute approximate surface area is 101 Å². The van der Waals surface area contributed by atoms with E-state index in [9.17, 15) is 5.11 Å². The Kier molecular flexibility index (Phi) is 4.60. The van der Waals surface area contributed by atoms with E-state index in [1.807, 2.05) is 13.8 Å². The minimum absolute atomic E-state index is 0.0229. The fraction of sp³-hybridized carbons (Fsp3) is 0.417. The SMILES string of the molecule is CC(C)[C@@H](CO)Nc1cccc(Cl)c1C#N. The first-order valence-corrected chi connectivity index (χ1v) is 5.54. The number of aliphatic hydroxyl groups is 1. The minimum atomic E-state index is -0.0782. The van der Waals surface area contributed by atoms with Crippen molar-refractivity contribution in [1.29, 1.82) is 5.26 Å². The largest absolute Gasteiger partial charge is 0.394 e. The second-order valence-electron chi connectivity index (χ2n) is 3.95. The summed E-state index contributed by atoms with van der Waals surface area (Å²) in [4.78, 5) is 0. The van der Waals surface area contributed by atoms with Crippen LogP contribution in [0.15, 0.2) is 18.2 Å². The summed E-state index contributed by atoms with van der Waals surface area (Å²) in [5.41, 5.74) is 1.09. The second-order valence-corrected chi connectivity index (χ2v) is 4.36. The van der Waals surface area contributed by atoms with Crippen LogP contribution in [0, 0.1) is 17.2 Å². The molecule has 0 saturated heterocycles. The summed E-state index contributed by atoms with van der Waals surface area (Å²) in [6.45, 7) is 4.03. The number of benzene rings is 1. The molecule has 3 nitrogen and oxygen atoms in total. The first kappa shape index (κ1) is 12.8. The van der Waals surface area contributed by atoms with Crippen LogP contribution in [0.25, 0.3) is 0 Å². The molecule has 86 valence electrons. The molecule has 0 saturated carbocycles. The molecule has 0 radical (unpaired) electrons. The smallest absolute Gasteiger partial charge is 0.103 e. The standard InChI is InChI=1S/C12H15ClN2O/c1-8(2)12(7-16)15-11-5-3-4-10(13)9(11)6-14/h3-5,8,12,15-16H,7H2,1-2H3/t12-/m1/s1. The predicted molar refractivity (Wildman–Crippen MR) is 65.5 cm³/mol. The maximum absolute atomic E-state index is 9.21. The third kappa shape index (κ3) is 2.88. The molecular weight excluding hydrogens is 224 g/mol. The molecule has 1 atom stereocenters. The maximum Gasteiger partial charge on any atom is 0.103 e. The molecule has 16 heavy (non-hydrogen) atoms. The zero-order valence-corrected chi connectivity index (χ0v) is 10.1. The molecule has 0 aliphatic carbocycles. The molecule has 0 heterocycles. The van der Waals surface area contributed by atoms with Crippen LogP contribution in [0.1, 0.15) is 19.4 Å². The molecular formula is C12H15ClN2O. The van der Waals surface area contributed by atoms with Crippen LogP contribution in [0.2, 0.25) is 5.02 Å². The second kappa shape index (κ2) is 5.74. The van der Waals surface area contributed by atoms with E-state index in [1.54, 1.807) is 18.2 Å². The monoisotopic (exact) mass is 238 g/mol. The van der Waals surface area contributed by atoms with Gasteiger partial charge in [-0.15, -0.1) is 0 Å². The molecule has 0 fully saturated rings. The van der Waals surface area contributed by atoms with Crippen LogP contribution >= 0.6 is 11.6 Å². The van der Waals surface area contributed by atoms with Gasteiger partial charge >= 0.3 is 0 Å². The van der Waals surface area contributed by atoms with Gasteiger partial charge in [0.25, 0.3) is 0 Å².